The van der Waals surface area contributed by atoms with Gasteiger partial charge in [0, 0.05) is 35.9 Å². The number of pyridine rings is 3. The van der Waals surface area contributed by atoms with Crippen LogP contribution in [-0.4, -0.2) is 15.0 Å². The number of alkyl halides is 3. The zero-order valence-electron chi connectivity index (χ0n) is 15.0. The summed E-state index contributed by atoms with van der Waals surface area (Å²) in [7, 11) is 0. The van der Waals surface area contributed by atoms with E-state index in [0.29, 0.717) is 17.0 Å². The molecule has 7 heteroatoms. The van der Waals surface area contributed by atoms with Crippen LogP contribution < -0.4 is 4.74 Å². The second kappa shape index (κ2) is 7.58. The van der Waals surface area contributed by atoms with E-state index >= 15 is 0 Å². The van der Waals surface area contributed by atoms with Crippen molar-refractivity contribution in [2.24, 2.45) is 0 Å². The smallest absolute Gasteiger partial charge is 0.417 e. The highest BCUT2D eigenvalue weighted by molar-refractivity contribution is 5.69. The third-order valence-electron chi connectivity index (χ3n) is 4.75. The first-order chi connectivity index (χ1) is 13.5. The lowest BCUT2D eigenvalue weighted by molar-refractivity contribution is -0.137. The van der Waals surface area contributed by atoms with E-state index in [1.165, 1.54) is 6.20 Å². The summed E-state index contributed by atoms with van der Waals surface area (Å²) in [6.07, 6.45) is 3.11. The van der Waals surface area contributed by atoms with Crippen LogP contribution in [0.15, 0.2) is 48.9 Å². The molecule has 0 aliphatic heterocycles. The molecular weight excluding hydrogens is 367 g/mol. The van der Waals surface area contributed by atoms with E-state index in [2.05, 4.69) is 15.0 Å². The van der Waals surface area contributed by atoms with Gasteiger partial charge >= 0.3 is 6.18 Å². The standard InChI is InChI=1S/C21H18F3N3O/c22-21(23,24)15-9-14(11-25-12-15)18-10-20(27-19-7-2-1-6-17(18)19)28-13-16-5-3-4-8-26-16/h3-5,8-12H,1-2,6-7,13H2. The maximum Gasteiger partial charge on any atom is 0.417 e. The molecule has 0 fully saturated rings. The molecule has 0 radical (unpaired) electrons. The molecule has 3 heterocycles. The minimum atomic E-state index is -4.44. The molecule has 0 atom stereocenters. The van der Waals surface area contributed by atoms with Gasteiger partial charge in [-0.05, 0) is 55.0 Å². The highest BCUT2D eigenvalue weighted by Gasteiger charge is 2.31. The Morgan fingerprint density at radius 1 is 1.04 bits per heavy atom. The van der Waals surface area contributed by atoms with Crippen molar-refractivity contribution >= 4 is 0 Å². The zero-order chi connectivity index (χ0) is 19.6. The van der Waals surface area contributed by atoms with Crippen molar-refractivity contribution in [3.8, 4) is 17.0 Å². The van der Waals surface area contributed by atoms with E-state index in [1.54, 1.807) is 12.3 Å². The van der Waals surface area contributed by atoms with E-state index < -0.39 is 11.7 Å². The van der Waals surface area contributed by atoms with Crippen LogP contribution in [0.5, 0.6) is 5.88 Å². The van der Waals surface area contributed by atoms with Crippen LogP contribution >= 0.6 is 0 Å². The van der Waals surface area contributed by atoms with Crippen molar-refractivity contribution < 1.29 is 17.9 Å². The minimum absolute atomic E-state index is 0.243. The first-order valence-electron chi connectivity index (χ1n) is 9.09. The first-order valence-corrected chi connectivity index (χ1v) is 9.09. The summed E-state index contributed by atoms with van der Waals surface area (Å²) < 4.78 is 45.2. The molecule has 28 heavy (non-hydrogen) atoms. The van der Waals surface area contributed by atoms with Gasteiger partial charge in [-0.2, -0.15) is 13.2 Å². The van der Waals surface area contributed by atoms with Gasteiger partial charge in [0.05, 0.1) is 11.3 Å². The third-order valence-corrected chi connectivity index (χ3v) is 4.75. The summed E-state index contributed by atoms with van der Waals surface area (Å²) in [6.45, 7) is 0.243. The number of nitrogens with zero attached hydrogens (tertiary/aromatic N) is 3. The lowest BCUT2D eigenvalue weighted by Gasteiger charge is -2.20. The third kappa shape index (κ3) is 3.98. The average Bonchev–Trinajstić information content (AvgIpc) is 2.72. The Hall–Kier alpha value is -2.96. The van der Waals surface area contributed by atoms with Crippen molar-refractivity contribution in [3.63, 3.8) is 0 Å². The van der Waals surface area contributed by atoms with Crippen molar-refractivity contribution in [2.75, 3.05) is 0 Å². The van der Waals surface area contributed by atoms with E-state index in [1.807, 2.05) is 18.2 Å². The molecule has 0 bridgehead atoms. The van der Waals surface area contributed by atoms with Gasteiger partial charge in [0.15, 0.2) is 0 Å². The predicted molar refractivity (Wildman–Crippen MR) is 97.7 cm³/mol. The summed E-state index contributed by atoms with van der Waals surface area (Å²) in [5.41, 5.74) is 3.00. The topological polar surface area (TPSA) is 47.9 Å². The molecule has 0 amide bonds. The molecule has 1 aliphatic carbocycles. The molecule has 3 aromatic heterocycles. The first kappa shape index (κ1) is 18.4. The van der Waals surface area contributed by atoms with Gasteiger partial charge in [0.2, 0.25) is 5.88 Å². The van der Waals surface area contributed by atoms with E-state index in [0.717, 1.165) is 54.9 Å². The normalized spacial score (nSPS) is 13.8. The monoisotopic (exact) mass is 385 g/mol. The van der Waals surface area contributed by atoms with E-state index in [-0.39, 0.29) is 6.61 Å². The fourth-order valence-electron chi connectivity index (χ4n) is 3.38. The summed E-state index contributed by atoms with van der Waals surface area (Å²) in [6, 6.07) is 8.38. The van der Waals surface area contributed by atoms with Gasteiger partial charge in [0.25, 0.3) is 0 Å². The summed E-state index contributed by atoms with van der Waals surface area (Å²) >= 11 is 0. The minimum Gasteiger partial charge on any atom is -0.471 e. The Morgan fingerprint density at radius 3 is 2.68 bits per heavy atom. The fourth-order valence-corrected chi connectivity index (χ4v) is 3.38. The number of rotatable bonds is 4. The van der Waals surface area contributed by atoms with Crippen LogP contribution in [0, 0.1) is 0 Å². The van der Waals surface area contributed by atoms with Crippen LogP contribution in [0.1, 0.15) is 35.4 Å². The Balaban J connectivity index is 1.71. The van der Waals surface area contributed by atoms with Crippen molar-refractivity contribution in [1.82, 2.24) is 15.0 Å². The van der Waals surface area contributed by atoms with Gasteiger partial charge in [-0.1, -0.05) is 6.07 Å². The Morgan fingerprint density at radius 2 is 1.89 bits per heavy atom. The van der Waals surface area contributed by atoms with Gasteiger partial charge < -0.3 is 4.74 Å². The molecule has 0 N–H and O–H groups in total. The van der Waals surface area contributed by atoms with Crippen LogP contribution in [0.4, 0.5) is 13.2 Å². The molecule has 1 aliphatic rings. The molecule has 4 nitrogen and oxygen atoms in total. The number of ether oxygens (including phenoxy) is 1. The summed E-state index contributed by atoms with van der Waals surface area (Å²) in [5, 5.41) is 0. The van der Waals surface area contributed by atoms with Crippen LogP contribution in [0.25, 0.3) is 11.1 Å². The van der Waals surface area contributed by atoms with E-state index in [4.69, 9.17) is 4.74 Å². The highest BCUT2D eigenvalue weighted by atomic mass is 19.4. The van der Waals surface area contributed by atoms with Crippen molar-refractivity contribution in [2.45, 2.75) is 38.5 Å². The Labute approximate surface area is 160 Å². The molecule has 4 rings (SSSR count). The second-order valence-corrected chi connectivity index (χ2v) is 6.71. The van der Waals surface area contributed by atoms with Crippen LogP contribution in [0.2, 0.25) is 0 Å². The van der Waals surface area contributed by atoms with Gasteiger partial charge in [-0.25, -0.2) is 4.98 Å². The molecule has 144 valence electrons. The number of hydrogen-bond donors (Lipinski definition) is 0. The van der Waals surface area contributed by atoms with Gasteiger partial charge in [-0.3, -0.25) is 9.97 Å². The number of halogens is 3. The summed E-state index contributed by atoms with van der Waals surface area (Å²) in [4.78, 5) is 12.6. The quantitative estimate of drug-likeness (QED) is 0.633. The van der Waals surface area contributed by atoms with Gasteiger partial charge in [-0.15, -0.1) is 0 Å². The SMILES string of the molecule is FC(F)(F)c1cncc(-c2cc(OCc3ccccn3)nc3c2CCCC3)c1. The maximum atomic E-state index is 13.1. The van der Waals surface area contributed by atoms with Crippen LogP contribution in [-0.2, 0) is 25.6 Å². The maximum absolute atomic E-state index is 13.1. The molecule has 0 saturated heterocycles. The molecular formula is C21H18F3N3O. The van der Waals surface area contributed by atoms with E-state index in [9.17, 15) is 13.2 Å². The molecule has 3 aromatic rings. The Bertz CT molecular complexity index is 974. The number of hydrogen-bond acceptors (Lipinski definition) is 4. The number of aryl methyl sites for hydroxylation is 1. The Kier molecular flexibility index (Phi) is 4.98. The van der Waals surface area contributed by atoms with Gasteiger partial charge in [0.1, 0.15) is 6.61 Å². The number of fused-ring (bicyclic) bond motifs is 1. The predicted octanol–water partition coefficient (Wildman–Crippen LogP) is 5.02. The average molecular weight is 385 g/mol. The fraction of sp³-hybridized carbons (Fsp3) is 0.286. The summed E-state index contributed by atoms with van der Waals surface area (Å²) in [5.74, 6) is 0.388. The molecule has 0 aromatic carbocycles. The zero-order valence-corrected chi connectivity index (χ0v) is 15.0. The molecule has 0 saturated carbocycles. The molecule has 0 spiro atoms. The second-order valence-electron chi connectivity index (χ2n) is 6.71. The lowest BCUT2D eigenvalue weighted by atomic mass is 9.89. The highest BCUT2D eigenvalue weighted by Crippen LogP contribution is 2.36. The van der Waals surface area contributed by atoms with Crippen LogP contribution in [0.3, 0.4) is 0 Å². The molecule has 0 unspecified atom stereocenters. The number of aromatic nitrogens is 3. The largest absolute Gasteiger partial charge is 0.471 e. The van der Waals surface area contributed by atoms with Crippen molar-refractivity contribution in [1.29, 1.82) is 0 Å². The lowest BCUT2D eigenvalue weighted by Crippen LogP contribution is -2.10. The van der Waals surface area contributed by atoms with Crippen molar-refractivity contribution in [3.05, 3.63) is 71.4 Å².